The van der Waals surface area contributed by atoms with Gasteiger partial charge in [0.15, 0.2) is 0 Å². The largest absolute Gasteiger partial charge is 0.310 e. The van der Waals surface area contributed by atoms with Crippen molar-refractivity contribution in [3.05, 3.63) is 53.2 Å². The van der Waals surface area contributed by atoms with Gasteiger partial charge in [0.1, 0.15) is 0 Å². The average Bonchev–Trinajstić information content (AvgIpc) is 2.49. The molecule has 2 aromatic rings. The molecule has 1 aliphatic rings. The number of aryl methyl sites for hydroxylation is 1. The highest BCUT2D eigenvalue weighted by Crippen LogP contribution is 2.33. The number of hydrogen-bond acceptors (Lipinski definition) is 2. The van der Waals surface area contributed by atoms with E-state index in [0.717, 1.165) is 11.2 Å². The molecule has 1 aromatic heterocycles. The molecule has 1 heterocycles. The van der Waals surface area contributed by atoms with Gasteiger partial charge in [-0.15, -0.1) is 0 Å². The molecule has 1 N–H and O–H groups in total. The molecule has 0 radical (unpaired) electrons. The second kappa shape index (κ2) is 5.76. The molecular formula is C18H22N2. The van der Waals surface area contributed by atoms with Crippen LogP contribution >= 0.6 is 0 Å². The second-order valence-electron chi connectivity index (χ2n) is 5.62. The summed E-state index contributed by atoms with van der Waals surface area (Å²) in [7, 11) is 2.06. The van der Waals surface area contributed by atoms with Gasteiger partial charge >= 0.3 is 0 Å². The van der Waals surface area contributed by atoms with Crippen molar-refractivity contribution in [2.45, 2.75) is 38.6 Å². The third kappa shape index (κ3) is 2.48. The number of nitrogens with one attached hydrogen (secondary N) is 1. The molecule has 0 aliphatic heterocycles. The summed E-state index contributed by atoms with van der Waals surface area (Å²) in [5.41, 5.74) is 5.09. The summed E-state index contributed by atoms with van der Waals surface area (Å²) < 4.78 is 0. The van der Waals surface area contributed by atoms with E-state index in [4.69, 9.17) is 0 Å². The van der Waals surface area contributed by atoms with Gasteiger partial charge in [-0.3, -0.25) is 4.98 Å². The topological polar surface area (TPSA) is 24.9 Å². The lowest BCUT2D eigenvalue weighted by atomic mass is 9.88. The summed E-state index contributed by atoms with van der Waals surface area (Å²) in [5, 5.41) is 4.78. The van der Waals surface area contributed by atoms with Crippen molar-refractivity contribution in [1.29, 1.82) is 0 Å². The van der Waals surface area contributed by atoms with Crippen molar-refractivity contribution in [1.82, 2.24) is 10.3 Å². The maximum atomic E-state index is 4.65. The van der Waals surface area contributed by atoms with Gasteiger partial charge in [-0.05, 0) is 57.4 Å². The van der Waals surface area contributed by atoms with E-state index in [1.165, 1.54) is 42.2 Å². The standard InChI is InChI=1S/C18H22N2/c1-13-12-16(15-10-6-7-11-17(15)20-13)18(19-2)14-8-4-3-5-9-14/h6-8,10-12,18-19H,3-5,9H2,1-2H3. The summed E-state index contributed by atoms with van der Waals surface area (Å²) >= 11 is 0. The highest BCUT2D eigenvalue weighted by atomic mass is 14.9. The van der Waals surface area contributed by atoms with Crippen LogP contribution in [-0.2, 0) is 0 Å². The third-order valence-corrected chi connectivity index (χ3v) is 4.17. The highest BCUT2D eigenvalue weighted by Gasteiger charge is 2.19. The minimum absolute atomic E-state index is 0.321. The van der Waals surface area contributed by atoms with Crippen LogP contribution in [0.2, 0.25) is 0 Å². The van der Waals surface area contributed by atoms with Crippen molar-refractivity contribution in [3.63, 3.8) is 0 Å². The Hall–Kier alpha value is -1.67. The molecule has 0 amide bonds. The summed E-state index contributed by atoms with van der Waals surface area (Å²) in [6, 6.07) is 11.0. The molecule has 104 valence electrons. The molecule has 1 aliphatic carbocycles. The van der Waals surface area contributed by atoms with Crippen molar-refractivity contribution in [3.8, 4) is 0 Å². The van der Waals surface area contributed by atoms with Crippen molar-refractivity contribution in [2.24, 2.45) is 0 Å². The molecule has 20 heavy (non-hydrogen) atoms. The van der Waals surface area contributed by atoms with E-state index in [0.29, 0.717) is 6.04 Å². The zero-order valence-corrected chi connectivity index (χ0v) is 12.3. The molecule has 0 saturated heterocycles. The number of likely N-dealkylation sites (N-methyl/N-ethyl adjacent to an activating group) is 1. The average molecular weight is 266 g/mol. The number of benzene rings is 1. The molecule has 0 spiro atoms. The summed E-state index contributed by atoms with van der Waals surface area (Å²) in [6.45, 7) is 2.08. The Bertz CT molecular complexity index is 643. The van der Waals surface area contributed by atoms with Crippen LogP contribution in [0.5, 0.6) is 0 Å². The Morgan fingerprint density at radius 3 is 2.80 bits per heavy atom. The number of allylic oxidation sites excluding steroid dienone is 1. The normalized spacial score (nSPS) is 17.0. The Morgan fingerprint density at radius 2 is 2.05 bits per heavy atom. The number of pyridine rings is 1. The van der Waals surface area contributed by atoms with E-state index in [1.54, 1.807) is 0 Å². The molecule has 2 nitrogen and oxygen atoms in total. The fourth-order valence-corrected chi connectivity index (χ4v) is 3.24. The zero-order valence-electron chi connectivity index (χ0n) is 12.3. The maximum absolute atomic E-state index is 4.65. The molecule has 2 heteroatoms. The number of para-hydroxylation sites is 1. The van der Waals surface area contributed by atoms with Gasteiger partial charge in [0, 0.05) is 11.1 Å². The molecule has 1 aromatic carbocycles. The van der Waals surface area contributed by atoms with E-state index in [9.17, 15) is 0 Å². The first-order chi connectivity index (χ1) is 9.79. The molecule has 0 bridgehead atoms. The van der Waals surface area contributed by atoms with Crippen LogP contribution in [-0.4, -0.2) is 12.0 Å². The molecule has 3 rings (SSSR count). The summed E-state index contributed by atoms with van der Waals surface area (Å²) in [4.78, 5) is 4.65. The first-order valence-corrected chi connectivity index (χ1v) is 7.52. The fraction of sp³-hybridized carbons (Fsp3) is 0.389. The van der Waals surface area contributed by atoms with Gasteiger partial charge < -0.3 is 5.32 Å². The van der Waals surface area contributed by atoms with E-state index < -0.39 is 0 Å². The van der Waals surface area contributed by atoms with Crippen LogP contribution in [0.4, 0.5) is 0 Å². The van der Waals surface area contributed by atoms with E-state index in [2.05, 4.69) is 60.7 Å². The number of aromatic nitrogens is 1. The van der Waals surface area contributed by atoms with Crippen LogP contribution < -0.4 is 5.32 Å². The molecule has 1 unspecified atom stereocenters. The van der Waals surface area contributed by atoms with E-state index >= 15 is 0 Å². The number of nitrogens with zero attached hydrogens (tertiary/aromatic N) is 1. The third-order valence-electron chi connectivity index (χ3n) is 4.17. The first-order valence-electron chi connectivity index (χ1n) is 7.52. The van der Waals surface area contributed by atoms with Gasteiger partial charge in [-0.1, -0.05) is 29.8 Å². The lowest BCUT2D eigenvalue weighted by Crippen LogP contribution is -2.20. The number of fused-ring (bicyclic) bond motifs is 1. The number of hydrogen-bond donors (Lipinski definition) is 1. The van der Waals surface area contributed by atoms with Gasteiger partial charge in [0.2, 0.25) is 0 Å². The smallest absolute Gasteiger partial charge is 0.0708 e. The van der Waals surface area contributed by atoms with Crippen LogP contribution in [0, 0.1) is 6.92 Å². The molecule has 1 atom stereocenters. The Labute approximate surface area is 120 Å². The monoisotopic (exact) mass is 266 g/mol. The van der Waals surface area contributed by atoms with Crippen molar-refractivity contribution in [2.75, 3.05) is 7.05 Å². The van der Waals surface area contributed by atoms with Gasteiger partial charge in [-0.2, -0.15) is 0 Å². The molecular weight excluding hydrogens is 244 g/mol. The molecule has 0 saturated carbocycles. The minimum Gasteiger partial charge on any atom is -0.310 e. The Kier molecular flexibility index (Phi) is 3.83. The van der Waals surface area contributed by atoms with E-state index in [-0.39, 0.29) is 0 Å². The molecule has 0 fully saturated rings. The van der Waals surface area contributed by atoms with Gasteiger partial charge in [-0.25, -0.2) is 0 Å². The summed E-state index contributed by atoms with van der Waals surface area (Å²) in [6.07, 6.45) is 7.49. The predicted octanol–water partition coefficient (Wildman–Crippen LogP) is 4.30. The quantitative estimate of drug-likeness (QED) is 0.838. The highest BCUT2D eigenvalue weighted by molar-refractivity contribution is 5.83. The van der Waals surface area contributed by atoms with Crippen LogP contribution in [0.25, 0.3) is 10.9 Å². The second-order valence-corrected chi connectivity index (χ2v) is 5.62. The van der Waals surface area contributed by atoms with Crippen LogP contribution in [0.3, 0.4) is 0 Å². The van der Waals surface area contributed by atoms with Gasteiger partial charge in [0.05, 0.1) is 11.6 Å². The van der Waals surface area contributed by atoms with Crippen molar-refractivity contribution < 1.29 is 0 Å². The van der Waals surface area contributed by atoms with Crippen LogP contribution in [0.1, 0.15) is 43.0 Å². The Balaban J connectivity index is 2.13. The lowest BCUT2D eigenvalue weighted by Gasteiger charge is -2.24. The number of rotatable bonds is 3. The maximum Gasteiger partial charge on any atom is 0.0708 e. The van der Waals surface area contributed by atoms with Crippen molar-refractivity contribution >= 4 is 10.9 Å². The lowest BCUT2D eigenvalue weighted by molar-refractivity contribution is 0.595. The minimum atomic E-state index is 0.321. The van der Waals surface area contributed by atoms with Gasteiger partial charge in [0.25, 0.3) is 0 Å². The fourth-order valence-electron chi connectivity index (χ4n) is 3.24. The predicted molar refractivity (Wildman–Crippen MR) is 84.8 cm³/mol. The Morgan fingerprint density at radius 1 is 1.20 bits per heavy atom. The van der Waals surface area contributed by atoms with E-state index in [1.807, 2.05) is 0 Å². The van der Waals surface area contributed by atoms with Crippen LogP contribution in [0.15, 0.2) is 42.0 Å². The zero-order chi connectivity index (χ0) is 13.9. The SMILES string of the molecule is CNC(C1=CCCCC1)c1cc(C)nc2ccccc12. The first kappa shape index (κ1) is 13.3. The summed E-state index contributed by atoms with van der Waals surface area (Å²) in [5.74, 6) is 0.